The van der Waals surface area contributed by atoms with Gasteiger partial charge in [-0.15, -0.1) is 0 Å². The second kappa shape index (κ2) is 6.04. The molecule has 0 aliphatic heterocycles. The number of ether oxygens (including phenoxy) is 2. The van der Waals surface area contributed by atoms with Crippen LogP contribution >= 0.6 is 0 Å². The molecule has 0 amide bonds. The highest BCUT2D eigenvalue weighted by atomic mass is 19.1. The molecule has 118 valence electrons. The van der Waals surface area contributed by atoms with E-state index in [1.807, 2.05) is 0 Å². The fourth-order valence-corrected chi connectivity index (χ4v) is 2.12. The van der Waals surface area contributed by atoms with Crippen LogP contribution in [-0.2, 0) is 0 Å². The van der Waals surface area contributed by atoms with Crippen molar-refractivity contribution in [3.05, 3.63) is 48.0 Å². The molecule has 0 saturated carbocycles. The maximum Gasteiger partial charge on any atom is 0.262 e. The van der Waals surface area contributed by atoms with Crippen LogP contribution in [-0.4, -0.2) is 24.4 Å². The number of rotatable bonds is 4. The lowest BCUT2D eigenvalue weighted by atomic mass is 10.1. The molecule has 5 nitrogen and oxygen atoms in total. The molecule has 0 bridgehead atoms. The third-order valence-electron chi connectivity index (χ3n) is 3.25. The minimum Gasteiger partial charge on any atom is -0.497 e. The number of hydrogen-bond donors (Lipinski definition) is 0. The van der Waals surface area contributed by atoms with Crippen LogP contribution in [0.25, 0.3) is 22.8 Å². The van der Waals surface area contributed by atoms with Crippen molar-refractivity contribution >= 4 is 0 Å². The highest BCUT2D eigenvalue weighted by Crippen LogP contribution is 2.34. The summed E-state index contributed by atoms with van der Waals surface area (Å²) in [5.74, 6) is -0.590. The Labute approximate surface area is 130 Å². The van der Waals surface area contributed by atoms with Crippen molar-refractivity contribution < 1.29 is 22.8 Å². The van der Waals surface area contributed by atoms with Gasteiger partial charge in [0.1, 0.15) is 23.1 Å². The zero-order valence-corrected chi connectivity index (χ0v) is 12.3. The maximum absolute atomic E-state index is 13.8. The van der Waals surface area contributed by atoms with Gasteiger partial charge in [0, 0.05) is 6.07 Å². The molecule has 0 N–H and O–H groups in total. The average molecular weight is 318 g/mol. The van der Waals surface area contributed by atoms with E-state index in [9.17, 15) is 8.78 Å². The summed E-state index contributed by atoms with van der Waals surface area (Å²) in [4.78, 5) is 4.06. The van der Waals surface area contributed by atoms with Gasteiger partial charge in [0.25, 0.3) is 5.89 Å². The Hall–Kier alpha value is -2.96. The van der Waals surface area contributed by atoms with Gasteiger partial charge in [0.2, 0.25) is 5.82 Å². The van der Waals surface area contributed by atoms with E-state index >= 15 is 0 Å². The standard InChI is InChI=1S/C16H12F2N2O3/c1-21-9-6-7-10(13(8-9)22-2)16-19-15(20-23-16)14-11(17)4-3-5-12(14)18/h3-8H,1-2H3. The Morgan fingerprint density at radius 1 is 1.00 bits per heavy atom. The lowest BCUT2D eigenvalue weighted by Gasteiger charge is -2.06. The second-order valence-electron chi connectivity index (χ2n) is 4.59. The predicted octanol–water partition coefficient (Wildman–Crippen LogP) is 3.70. The van der Waals surface area contributed by atoms with Crippen LogP contribution in [0, 0.1) is 11.6 Å². The van der Waals surface area contributed by atoms with E-state index in [2.05, 4.69) is 10.1 Å². The molecule has 23 heavy (non-hydrogen) atoms. The van der Waals surface area contributed by atoms with E-state index in [0.29, 0.717) is 17.1 Å². The molecule has 0 saturated heterocycles. The Balaban J connectivity index is 2.06. The highest BCUT2D eigenvalue weighted by Gasteiger charge is 2.20. The number of hydrogen-bond acceptors (Lipinski definition) is 5. The van der Waals surface area contributed by atoms with Gasteiger partial charge in [-0.2, -0.15) is 4.98 Å². The van der Waals surface area contributed by atoms with Crippen LogP contribution in [0.5, 0.6) is 11.5 Å². The summed E-state index contributed by atoms with van der Waals surface area (Å²) in [7, 11) is 3.01. The van der Waals surface area contributed by atoms with Crippen LogP contribution in [0.1, 0.15) is 0 Å². The Morgan fingerprint density at radius 3 is 2.39 bits per heavy atom. The van der Waals surface area contributed by atoms with E-state index in [-0.39, 0.29) is 17.3 Å². The van der Waals surface area contributed by atoms with Crippen molar-refractivity contribution in [3.8, 4) is 34.3 Å². The molecule has 1 aromatic heterocycles. The summed E-state index contributed by atoms with van der Waals surface area (Å²) in [6.07, 6.45) is 0. The van der Waals surface area contributed by atoms with Crippen molar-refractivity contribution in [3.63, 3.8) is 0 Å². The van der Waals surface area contributed by atoms with E-state index in [1.165, 1.54) is 20.3 Å². The quantitative estimate of drug-likeness (QED) is 0.734. The fourth-order valence-electron chi connectivity index (χ4n) is 2.12. The van der Waals surface area contributed by atoms with Gasteiger partial charge < -0.3 is 14.0 Å². The highest BCUT2D eigenvalue weighted by molar-refractivity contribution is 5.67. The molecule has 0 spiro atoms. The summed E-state index contributed by atoms with van der Waals surface area (Å²) in [6.45, 7) is 0. The normalized spacial score (nSPS) is 10.6. The number of halogens is 2. The number of methoxy groups -OCH3 is 2. The molecule has 2 aromatic carbocycles. The van der Waals surface area contributed by atoms with Crippen LogP contribution in [0.2, 0.25) is 0 Å². The molecule has 0 aliphatic carbocycles. The zero-order valence-electron chi connectivity index (χ0n) is 12.3. The van der Waals surface area contributed by atoms with Crippen molar-refractivity contribution in [2.75, 3.05) is 14.2 Å². The van der Waals surface area contributed by atoms with Crippen LogP contribution < -0.4 is 9.47 Å². The fraction of sp³-hybridized carbons (Fsp3) is 0.125. The van der Waals surface area contributed by atoms with Crippen molar-refractivity contribution in [1.82, 2.24) is 10.1 Å². The van der Waals surface area contributed by atoms with Crippen LogP contribution in [0.4, 0.5) is 8.78 Å². The van der Waals surface area contributed by atoms with Crippen molar-refractivity contribution in [2.24, 2.45) is 0 Å². The molecular formula is C16H12F2N2O3. The summed E-state index contributed by atoms with van der Waals surface area (Å²) < 4.78 is 43.1. The van der Waals surface area contributed by atoms with Gasteiger partial charge in [-0.3, -0.25) is 0 Å². The lowest BCUT2D eigenvalue weighted by molar-refractivity contribution is 0.390. The van der Waals surface area contributed by atoms with Gasteiger partial charge in [0.05, 0.1) is 25.3 Å². The molecule has 0 aliphatic rings. The number of nitrogens with zero attached hydrogens (tertiary/aromatic N) is 2. The topological polar surface area (TPSA) is 57.4 Å². The predicted molar refractivity (Wildman–Crippen MR) is 78.2 cm³/mol. The zero-order chi connectivity index (χ0) is 16.4. The lowest BCUT2D eigenvalue weighted by Crippen LogP contribution is -1.92. The summed E-state index contributed by atoms with van der Waals surface area (Å²) in [6, 6.07) is 8.51. The summed E-state index contributed by atoms with van der Waals surface area (Å²) in [5, 5.41) is 3.65. The van der Waals surface area contributed by atoms with E-state index in [4.69, 9.17) is 14.0 Å². The van der Waals surface area contributed by atoms with Crippen LogP contribution in [0.3, 0.4) is 0 Å². The maximum atomic E-state index is 13.8. The first kappa shape index (κ1) is 15.0. The Bertz CT molecular complexity index is 829. The van der Waals surface area contributed by atoms with E-state index < -0.39 is 11.6 Å². The van der Waals surface area contributed by atoms with Crippen LogP contribution in [0.15, 0.2) is 40.9 Å². The first-order valence-corrected chi connectivity index (χ1v) is 6.64. The molecule has 0 unspecified atom stereocenters. The molecule has 1 heterocycles. The van der Waals surface area contributed by atoms with Crippen molar-refractivity contribution in [1.29, 1.82) is 0 Å². The molecule has 0 atom stereocenters. The summed E-state index contributed by atoms with van der Waals surface area (Å²) >= 11 is 0. The molecular weight excluding hydrogens is 306 g/mol. The van der Waals surface area contributed by atoms with Gasteiger partial charge in [0.15, 0.2) is 0 Å². The van der Waals surface area contributed by atoms with E-state index in [1.54, 1.807) is 18.2 Å². The average Bonchev–Trinajstić information content (AvgIpc) is 3.03. The molecule has 7 heteroatoms. The van der Waals surface area contributed by atoms with Gasteiger partial charge in [-0.05, 0) is 24.3 Å². The Morgan fingerprint density at radius 2 is 1.74 bits per heavy atom. The monoisotopic (exact) mass is 318 g/mol. The van der Waals surface area contributed by atoms with Gasteiger partial charge >= 0.3 is 0 Å². The van der Waals surface area contributed by atoms with Gasteiger partial charge in [-0.1, -0.05) is 11.2 Å². The first-order chi connectivity index (χ1) is 11.1. The van der Waals surface area contributed by atoms with Crippen molar-refractivity contribution in [2.45, 2.75) is 0 Å². The number of aromatic nitrogens is 2. The minimum absolute atomic E-state index is 0.0853. The Kier molecular flexibility index (Phi) is 3.92. The molecule has 0 fully saturated rings. The molecule has 0 radical (unpaired) electrons. The minimum atomic E-state index is -0.765. The molecule has 3 rings (SSSR count). The largest absolute Gasteiger partial charge is 0.497 e. The van der Waals surface area contributed by atoms with Gasteiger partial charge in [-0.25, -0.2) is 8.78 Å². The summed E-state index contributed by atoms with van der Waals surface area (Å²) in [5.41, 5.74) is 0.152. The smallest absolute Gasteiger partial charge is 0.262 e. The number of benzene rings is 2. The second-order valence-corrected chi connectivity index (χ2v) is 4.59. The molecule has 3 aromatic rings. The first-order valence-electron chi connectivity index (χ1n) is 6.64. The third-order valence-corrected chi connectivity index (χ3v) is 3.25. The SMILES string of the molecule is COc1ccc(-c2nc(-c3c(F)cccc3F)no2)c(OC)c1. The third kappa shape index (κ3) is 2.73. The van der Waals surface area contributed by atoms with E-state index in [0.717, 1.165) is 12.1 Å².